The van der Waals surface area contributed by atoms with Crippen molar-refractivity contribution in [2.45, 2.75) is 19.6 Å². The fourth-order valence-corrected chi connectivity index (χ4v) is 2.30. The maximum atomic E-state index is 12.8. The second-order valence-electron chi connectivity index (χ2n) is 5.35. The van der Waals surface area contributed by atoms with Crippen LogP contribution < -0.4 is 14.8 Å². The Bertz CT molecular complexity index is 809. The molecule has 0 unspecified atom stereocenters. The lowest BCUT2D eigenvalue weighted by Crippen LogP contribution is -2.25. The van der Waals surface area contributed by atoms with Gasteiger partial charge in [0.05, 0.1) is 6.54 Å². The number of ether oxygens (including phenoxy) is 2. The summed E-state index contributed by atoms with van der Waals surface area (Å²) in [6.07, 6.45) is -4.57. The van der Waals surface area contributed by atoms with Gasteiger partial charge in [0.1, 0.15) is 24.7 Å². The number of halogens is 3. The first-order valence-corrected chi connectivity index (χ1v) is 7.42. The first-order valence-electron chi connectivity index (χ1n) is 7.42. The van der Waals surface area contributed by atoms with Gasteiger partial charge in [0.2, 0.25) is 0 Å². The van der Waals surface area contributed by atoms with Crippen molar-refractivity contribution < 1.29 is 27.4 Å². The summed E-state index contributed by atoms with van der Waals surface area (Å²) in [5.41, 5.74) is -0.567. The lowest BCUT2D eigenvalue weighted by molar-refractivity contribution is -0.141. The van der Waals surface area contributed by atoms with Gasteiger partial charge in [0.25, 0.3) is 5.91 Å². The fraction of sp³-hybridized carbons (Fsp3) is 0.312. The highest BCUT2D eigenvalue weighted by atomic mass is 19.4. The first-order chi connectivity index (χ1) is 11.8. The van der Waals surface area contributed by atoms with Gasteiger partial charge in [-0.25, -0.2) is 9.97 Å². The van der Waals surface area contributed by atoms with Crippen molar-refractivity contribution in [1.29, 1.82) is 0 Å². The third-order valence-corrected chi connectivity index (χ3v) is 3.40. The minimum absolute atomic E-state index is 0.113. The second kappa shape index (κ2) is 6.58. The Balaban J connectivity index is 1.71. The van der Waals surface area contributed by atoms with E-state index in [1.54, 1.807) is 12.1 Å². The maximum absolute atomic E-state index is 12.8. The summed E-state index contributed by atoms with van der Waals surface area (Å²) < 4.78 is 49.1. The molecule has 132 valence electrons. The van der Waals surface area contributed by atoms with E-state index in [1.165, 1.54) is 13.0 Å². The number of hydrogen-bond donors (Lipinski definition) is 1. The summed E-state index contributed by atoms with van der Waals surface area (Å²) >= 11 is 0. The Labute approximate surface area is 141 Å². The van der Waals surface area contributed by atoms with Crippen molar-refractivity contribution >= 4 is 5.91 Å². The minimum atomic E-state index is -4.57. The smallest absolute Gasteiger partial charge is 0.433 e. The average Bonchev–Trinajstić information content (AvgIpc) is 2.58. The Morgan fingerprint density at radius 1 is 1.16 bits per heavy atom. The molecule has 0 fully saturated rings. The number of alkyl halides is 3. The van der Waals surface area contributed by atoms with Crippen LogP contribution in [0.25, 0.3) is 0 Å². The van der Waals surface area contributed by atoms with Crippen LogP contribution in [0.2, 0.25) is 0 Å². The number of hydrogen-bond acceptors (Lipinski definition) is 5. The molecule has 3 rings (SSSR count). The number of nitrogens with zero attached hydrogens (tertiary/aromatic N) is 2. The van der Waals surface area contributed by atoms with E-state index in [0.29, 0.717) is 30.3 Å². The number of nitrogens with one attached hydrogen (secondary N) is 1. The number of aryl methyl sites for hydroxylation is 1. The predicted molar refractivity (Wildman–Crippen MR) is 80.4 cm³/mol. The molecule has 0 atom stereocenters. The molecule has 1 aromatic heterocycles. The molecule has 9 heteroatoms. The van der Waals surface area contributed by atoms with Crippen LogP contribution in [0.1, 0.15) is 27.6 Å². The van der Waals surface area contributed by atoms with Gasteiger partial charge in [-0.05, 0) is 31.2 Å². The molecule has 0 aliphatic carbocycles. The monoisotopic (exact) mass is 353 g/mol. The largest absolute Gasteiger partial charge is 0.486 e. The lowest BCUT2D eigenvalue weighted by atomic mass is 10.2. The molecule has 0 saturated heterocycles. The van der Waals surface area contributed by atoms with Gasteiger partial charge in [-0.3, -0.25) is 4.79 Å². The molecule has 6 nitrogen and oxygen atoms in total. The van der Waals surface area contributed by atoms with E-state index >= 15 is 0 Å². The minimum Gasteiger partial charge on any atom is -0.486 e. The highest BCUT2D eigenvalue weighted by Crippen LogP contribution is 2.31. The first kappa shape index (κ1) is 17.0. The molecule has 1 N–H and O–H groups in total. The van der Waals surface area contributed by atoms with Gasteiger partial charge in [-0.15, -0.1) is 0 Å². The molecule has 0 radical (unpaired) electrons. The van der Waals surface area contributed by atoms with Crippen LogP contribution in [0.3, 0.4) is 0 Å². The van der Waals surface area contributed by atoms with Crippen LogP contribution >= 0.6 is 0 Å². The molecule has 0 saturated carbocycles. The van der Waals surface area contributed by atoms with Gasteiger partial charge in [0, 0.05) is 11.3 Å². The summed E-state index contributed by atoms with van der Waals surface area (Å²) in [5, 5.41) is 2.50. The van der Waals surface area contributed by atoms with Gasteiger partial charge in [0.15, 0.2) is 11.5 Å². The van der Waals surface area contributed by atoms with E-state index in [0.717, 1.165) is 6.07 Å². The molecule has 1 amide bonds. The Morgan fingerprint density at radius 2 is 1.88 bits per heavy atom. The summed E-state index contributed by atoms with van der Waals surface area (Å²) in [6.45, 7) is 2.03. The van der Waals surface area contributed by atoms with Crippen molar-refractivity contribution in [3.63, 3.8) is 0 Å². The van der Waals surface area contributed by atoms with Crippen LogP contribution in [0, 0.1) is 6.92 Å². The van der Waals surface area contributed by atoms with Crippen molar-refractivity contribution in [2.24, 2.45) is 0 Å². The molecular weight excluding hydrogens is 339 g/mol. The zero-order valence-electron chi connectivity index (χ0n) is 13.2. The van der Waals surface area contributed by atoms with Crippen LogP contribution in [-0.2, 0) is 12.7 Å². The van der Waals surface area contributed by atoms with Crippen molar-refractivity contribution in [1.82, 2.24) is 15.3 Å². The topological polar surface area (TPSA) is 73.3 Å². The molecule has 0 spiro atoms. The summed E-state index contributed by atoms with van der Waals surface area (Å²) in [5.74, 6) is 0.401. The molecule has 1 aliphatic heterocycles. The molecule has 1 aromatic carbocycles. The molecule has 0 bridgehead atoms. The van der Waals surface area contributed by atoms with Gasteiger partial charge in [-0.1, -0.05) is 0 Å². The van der Waals surface area contributed by atoms with E-state index in [4.69, 9.17) is 9.47 Å². The van der Waals surface area contributed by atoms with Gasteiger partial charge < -0.3 is 14.8 Å². The number of carbonyl (C=O) groups excluding carboxylic acids is 1. The van der Waals surface area contributed by atoms with E-state index in [2.05, 4.69) is 15.3 Å². The van der Waals surface area contributed by atoms with Gasteiger partial charge >= 0.3 is 6.18 Å². The number of carbonyl (C=O) groups is 1. The lowest BCUT2D eigenvalue weighted by Gasteiger charge is -2.18. The number of aromatic nitrogens is 2. The Kier molecular flexibility index (Phi) is 4.47. The van der Waals surface area contributed by atoms with E-state index in [1.807, 2.05) is 0 Å². The average molecular weight is 353 g/mol. The summed E-state index contributed by atoms with van der Waals surface area (Å²) in [4.78, 5) is 19.5. The third kappa shape index (κ3) is 3.98. The Morgan fingerprint density at radius 3 is 2.60 bits per heavy atom. The number of amides is 1. The SMILES string of the molecule is Cc1cc(C(F)(F)F)nc(CNC(=O)c2ccc3c(c2)OCCO3)n1. The zero-order valence-corrected chi connectivity index (χ0v) is 13.2. The number of benzene rings is 1. The third-order valence-electron chi connectivity index (χ3n) is 3.40. The van der Waals surface area contributed by atoms with Crippen LogP contribution in [0.15, 0.2) is 24.3 Å². The van der Waals surface area contributed by atoms with Gasteiger partial charge in [-0.2, -0.15) is 13.2 Å². The summed E-state index contributed by atoms with van der Waals surface area (Å²) in [7, 11) is 0. The highest BCUT2D eigenvalue weighted by molar-refractivity contribution is 5.94. The fourth-order valence-electron chi connectivity index (χ4n) is 2.30. The van der Waals surface area contributed by atoms with E-state index in [-0.39, 0.29) is 18.1 Å². The van der Waals surface area contributed by atoms with Crippen LogP contribution in [-0.4, -0.2) is 29.1 Å². The summed E-state index contributed by atoms with van der Waals surface area (Å²) in [6, 6.07) is 5.52. The van der Waals surface area contributed by atoms with Crippen molar-refractivity contribution in [3.05, 3.63) is 47.0 Å². The second-order valence-corrected chi connectivity index (χ2v) is 5.35. The highest BCUT2D eigenvalue weighted by Gasteiger charge is 2.33. The molecule has 2 heterocycles. The number of rotatable bonds is 3. The number of fused-ring (bicyclic) bond motifs is 1. The van der Waals surface area contributed by atoms with Crippen LogP contribution in [0.4, 0.5) is 13.2 Å². The molecular formula is C16H14F3N3O3. The standard InChI is InChI=1S/C16H14F3N3O3/c1-9-6-13(16(17,18)19)22-14(21-9)8-20-15(23)10-2-3-11-12(7-10)25-5-4-24-11/h2-3,6-7H,4-5,8H2,1H3,(H,20,23). The normalized spacial score (nSPS) is 13.4. The van der Waals surface area contributed by atoms with Crippen LogP contribution in [0.5, 0.6) is 11.5 Å². The predicted octanol–water partition coefficient (Wildman–Crippen LogP) is 2.51. The molecule has 25 heavy (non-hydrogen) atoms. The van der Waals surface area contributed by atoms with Crippen molar-refractivity contribution in [2.75, 3.05) is 13.2 Å². The quantitative estimate of drug-likeness (QED) is 0.918. The maximum Gasteiger partial charge on any atom is 0.433 e. The Hall–Kier alpha value is -2.84. The van der Waals surface area contributed by atoms with E-state index < -0.39 is 17.8 Å². The molecule has 1 aliphatic rings. The van der Waals surface area contributed by atoms with E-state index in [9.17, 15) is 18.0 Å². The zero-order chi connectivity index (χ0) is 18.0. The van der Waals surface area contributed by atoms with Crippen molar-refractivity contribution in [3.8, 4) is 11.5 Å². The molecule has 2 aromatic rings.